The molecule has 1 N–H and O–H groups in total. The van der Waals surface area contributed by atoms with Crippen molar-refractivity contribution >= 4 is 15.9 Å². The molecule has 2 aromatic rings. The predicted molar refractivity (Wildman–Crippen MR) is 108 cm³/mol. The number of urea groups is 1. The number of methoxy groups -OCH3 is 1. The topological polar surface area (TPSA) is 75.7 Å². The molecule has 1 heterocycles. The number of carbonyl (C=O) groups excluding carboxylic acids is 1. The Bertz CT molecular complexity index is 882. The van der Waals surface area contributed by atoms with Crippen molar-refractivity contribution in [2.75, 3.05) is 26.0 Å². The van der Waals surface area contributed by atoms with E-state index in [1.54, 1.807) is 37.4 Å². The lowest BCUT2D eigenvalue weighted by atomic mass is 10.0. The van der Waals surface area contributed by atoms with E-state index in [0.29, 0.717) is 24.4 Å². The lowest BCUT2D eigenvalue weighted by molar-refractivity contribution is 0.193. The van der Waals surface area contributed by atoms with Gasteiger partial charge in [0, 0.05) is 13.1 Å². The highest BCUT2D eigenvalue weighted by atomic mass is 32.2. The molecule has 0 radical (unpaired) electrons. The van der Waals surface area contributed by atoms with Gasteiger partial charge in [0.15, 0.2) is 9.84 Å². The molecule has 6 nitrogen and oxygen atoms in total. The van der Waals surface area contributed by atoms with Crippen molar-refractivity contribution < 1.29 is 17.9 Å². The number of likely N-dealkylation sites (tertiary alicyclic amines) is 1. The van der Waals surface area contributed by atoms with Crippen molar-refractivity contribution in [1.82, 2.24) is 10.2 Å². The molecule has 7 heteroatoms. The van der Waals surface area contributed by atoms with Gasteiger partial charge in [0.05, 0.1) is 23.8 Å². The molecule has 0 aliphatic carbocycles. The van der Waals surface area contributed by atoms with Crippen molar-refractivity contribution in [1.29, 1.82) is 0 Å². The number of rotatable bonds is 7. The Morgan fingerprint density at radius 2 is 1.86 bits per heavy atom. The second kappa shape index (κ2) is 9.10. The number of hydrogen-bond donors (Lipinski definition) is 1. The number of sulfone groups is 1. The van der Waals surface area contributed by atoms with Gasteiger partial charge in [-0.05, 0) is 49.1 Å². The van der Waals surface area contributed by atoms with E-state index in [1.807, 2.05) is 29.2 Å². The molecule has 2 aromatic carbocycles. The fourth-order valence-corrected chi connectivity index (χ4v) is 4.82. The van der Waals surface area contributed by atoms with Gasteiger partial charge in [-0.2, -0.15) is 0 Å². The van der Waals surface area contributed by atoms with E-state index in [4.69, 9.17) is 4.74 Å². The summed E-state index contributed by atoms with van der Waals surface area (Å²) in [4.78, 5) is 14.7. The first kappa shape index (κ1) is 20.2. The highest BCUT2D eigenvalue weighted by Crippen LogP contribution is 2.32. The molecule has 1 saturated heterocycles. The molecular formula is C21H26N2O4S. The van der Waals surface area contributed by atoms with Gasteiger partial charge in [0.2, 0.25) is 0 Å². The minimum absolute atomic E-state index is 0.0131. The molecule has 1 fully saturated rings. The summed E-state index contributed by atoms with van der Waals surface area (Å²) in [6.07, 6.45) is 2.25. The number of ether oxygens (including phenoxy) is 1. The lowest BCUT2D eigenvalue weighted by Crippen LogP contribution is -2.40. The van der Waals surface area contributed by atoms with Crippen LogP contribution in [-0.2, 0) is 9.84 Å². The number of hydrogen-bond acceptors (Lipinski definition) is 4. The van der Waals surface area contributed by atoms with E-state index in [0.717, 1.165) is 24.2 Å². The first-order valence-electron chi connectivity index (χ1n) is 9.47. The summed E-state index contributed by atoms with van der Waals surface area (Å²) in [5.74, 6) is 0.802. The first-order chi connectivity index (χ1) is 13.5. The summed E-state index contributed by atoms with van der Waals surface area (Å²) in [6.45, 7) is 1.03. The van der Waals surface area contributed by atoms with Crippen LogP contribution in [0, 0.1) is 0 Å². The van der Waals surface area contributed by atoms with Gasteiger partial charge in [-0.1, -0.05) is 30.3 Å². The van der Waals surface area contributed by atoms with Crippen LogP contribution >= 0.6 is 0 Å². The predicted octanol–water partition coefficient (Wildman–Crippen LogP) is 3.41. The molecule has 0 bridgehead atoms. The first-order valence-corrected chi connectivity index (χ1v) is 11.1. The van der Waals surface area contributed by atoms with Crippen LogP contribution < -0.4 is 10.1 Å². The van der Waals surface area contributed by atoms with Crippen molar-refractivity contribution in [2.45, 2.75) is 30.2 Å². The third kappa shape index (κ3) is 4.84. The van der Waals surface area contributed by atoms with E-state index < -0.39 is 9.84 Å². The van der Waals surface area contributed by atoms with E-state index in [9.17, 15) is 13.2 Å². The molecule has 3 rings (SSSR count). The van der Waals surface area contributed by atoms with Crippen LogP contribution in [-0.4, -0.2) is 45.3 Å². The van der Waals surface area contributed by atoms with Gasteiger partial charge >= 0.3 is 6.03 Å². The van der Waals surface area contributed by atoms with E-state index in [-0.39, 0.29) is 17.8 Å². The van der Waals surface area contributed by atoms with Gasteiger partial charge in [-0.25, -0.2) is 13.2 Å². The summed E-state index contributed by atoms with van der Waals surface area (Å²) >= 11 is 0. The molecule has 150 valence electrons. The quantitative estimate of drug-likeness (QED) is 0.720. The molecule has 0 saturated carbocycles. The van der Waals surface area contributed by atoms with E-state index in [2.05, 4.69) is 5.32 Å². The average Bonchev–Trinajstić information content (AvgIpc) is 3.22. The maximum Gasteiger partial charge on any atom is 0.317 e. The molecule has 1 aliphatic rings. The van der Waals surface area contributed by atoms with Crippen molar-refractivity contribution in [2.24, 2.45) is 0 Å². The highest BCUT2D eigenvalue weighted by molar-refractivity contribution is 7.91. The van der Waals surface area contributed by atoms with Crippen LogP contribution in [0.2, 0.25) is 0 Å². The Hall–Kier alpha value is -2.54. The Morgan fingerprint density at radius 1 is 1.14 bits per heavy atom. The number of nitrogens with zero attached hydrogens (tertiary/aromatic N) is 1. The second-order valence-corrected chi connectivity index (χ2v) is 8.95. The van der Waals surface area contributed by atoms with Crippen LogP contribution in [0.15, 0.2) is 59.5 Å². The molecule has 28 heavy (non-hydrogen) atoms. The molecule has 2 amide bonds. The molecule has 1 atom stereocenters. The van der Waals surface area contributed by atoms with Crippen LogP contribution in [0.4, 0.5) is 4.79 Å². The number of nitrogens with one attached hydrogen (secondary N) is 1. The zero-order chi connectivity index (χ0) is 20.0. The molecule has 0 spiro atoms. The number of amides is 2. The molecule has 0 aromatic heterocycles. The van der Waals surface area contributed by atoms with Crippen molar-refractivity contribution in [3.8, 4) is 5.75 Å². The van der Waals surface area contributed by atoms with Crippen LogP contribution in [0.1, 0.15) is 30.9 Å². The molecular weight excluding hydrogens is 376 g/mol. The maximum atomic E-state index is 12.6. The fourth-order valence-electron chi connectivity index (χ4n) is 3.49. The third-order valence-electron chi connectivity index (χ3n) is 4.98. The monoisotopic (exact) mass is 402 g/mol. The maximum absolute atomic E-state index is 12.6. The minimum Gasteiger partial charge on any atom is -0.497 e. The van der Waals surface area contributed by atoms with Gasteiger partial charge < -0.3 is 15.0 Å². The van der Waals surface area contributed by atoms with Crippen LogP contribution in [0.5, 0.6) is 5.75 Å². The minimum atomic E-state index is -3.31. The second-order valence-electron chi connectivity index (χ2n) is 6.84. The van der Waals surface area contributed by atoms with E-state index in [1.165, 1.54) is 0 Å². The van der Waals surface area contributed by atoms with Crippen molar-refractivity contribution in [3.63, 3.8) is 0 Å². The van der Waals surface area contributed by atoms with Gasteiger partial charge in [0.1, 0.15) is 5.75 Å². The SMILES string of the molecule is COc1ccc(C2CCCN2C(=O)NCCCS(=O)(=O)c2ccccc2)cc1. The zero-order valence-corrected chi connectivity index (χ0v) is 16.8. The third-order valence-corrected chi connectivity index (χ3v) is 6.80. The van der Waals surface area contributed by atoms with Gasteiger partial charge in [-0.15, -0.1) is 0 Å². The van der Waals surface area contributed by atoms with Gasteiger partial charge in [-0.3, -0.25) is 0 Å². The summed E-state index contributed by atoms with van der Waals surface area (Å²) < 4.78 is 29.8. The normalized spacial score (nSPS) is 16.8. The average molecular weight is 403 g/mol. The fraction of sp³-hybridized carbons (Fsp3) is 0.381. The van der Waals surface area contributed by atoms with Crippen molar-refractivity contribution in [3.05, 3.63) is 60.2 Å². The molecule has 1 aliphatic heterocycles. The summed E-state index contributed by atoms with van der Waals surface area (Å²) in [6, 6.07) is 16.1. The van der Waals surface area contributed by atoms with Gasteiger partial charge in [0.25, 0.3) is 0 Å². The smallest absolute Gasteiger partial charge is 0.317 e. The number of benzene rings is 2. The largest absolute Gasteiger partial charge is 0.497 e. The summed E-state index contributed by atoms with van der Waals surface area (Å²) in [5, 5.41) is 2.87. The summed E-state index contributed by atoms with van der Waals surface area (Å²) in [5.41, 5.74) is 1.08. The Balaban J connectivity index is 1.51. The van der Waals surface area contributed by atoms with Crippen LogP contribution in [0.3, 0.4) is 0 Å². The Morgan fingerprint density at radius 3 is 2.54 bits per heavy atom. The van der Waals surface area contributed by atoms with Crippen LogP contribution in [0.25, 0.3) is 0 Å². The zero-order valence-electron chi connectivity index (χ0n) is 16.0. The van der Waals surface area contributed by atoms with E-state index >= 15 is 0 Å². The summed E-state index contributed by atoms with van der Waals surface area (Å²) in [7, 11) is -1.69. The number of carbonyl (C=O) groups is 1. The molecule has 1 unspecified atom stereocenters. The Kier molecular flexibility index (Phi) is 6.57. The Labute approximate surface area is 166 Å². The lowest BCUT2D eigenvalue weighted by Gasteiger charge is -2.25. The highest BCUT2D eigenvalue weighted by Gasteiger charge is 2.29. The standard InChI is InChI=1S/C21H26N2O4S/c1-27-18-12-10-17(11-13-18)20-9-5-15-23(20)21(24)22-14-6-16-28(25,26)19-7-3-2-4-8-19/h2-4,7-8,10-13,20H,5-6,9,14-16H2,1H3,(H,22,24).